The third-order valence-corrected chi connectivity index (χ3v) is 5.90. The van der Waals surface area contributed by atoms with Gasteiger partial charge in [0, 0.05) is 10.4 Å². The first-order valence-corrected chi connectivity index (χ1v) is 7.96. The molecule has 0 N–H and O–H groups in total. The van der Waals surface area contributed by atoms with Crippen LogP contribution >= 0.6 is 11.6 Å². The molecule has 2 nitrogen and oxygen atoms in total. The Bertz CT molecular complexity index is 826. The van der Waals surface area contributed by atoms with Crippen molar-refractivity contribution in [3.05, 3.63) is 58.4 Å². The Hall–Kier alpha value is -1.39. The Kier molecular flexibility index (Phi) is 2.76. The van der Waals surface area contributed by atoms with Crippen molar-refractivity contribution < 1.29 is 12.8 Å². The monoisotopic (exact) mass is 310 g/mol. The fraction of sp³-hybridized carbons (Fsp3) is 0.200. The van der Waals surface area contributed by atoms with Crippen molar-refractivity contribution in [3.63, 3.8) is 0 Å². The van der Waals surface area contributed by atoms with Crippen molar-refractivity contribution in [2.75, 3.05) is 0 Å². The lowest BCUT2D eigenvalue weighted by Crippen LogP contribution is -2.29. The van der Waals surface area contributed by atoms with Crippen molar-refractivity contribution >= 4 is 21.4 Å². The summed E-state index contributed by atoms with van der Waals surface area (Å²) in [5.41, 5.74) is 0.687. The third kappa shape index (κ3) is 1.71. The molecule has 0 saturated carbocycles. The third-order valence-electron chi connectivity index (χ3n) is 3.81. The summed E-state index contributed by atoms with van der Waals surface area (Å²) < 4.78 is 38.7. The summed E-state index contributed by atoms with van der Waals surface area (Å²) in [4.78, 5) is 0.238. The topological polar surface area (TPSA) is 34.1 Å². The highest BCUT2D eigenvalue weighted by molar-refractivity contribution is 7.91. The Balaban J connectivity index is 2.47. The summed E-state index contributed by atoms with van der Waals surface area (Å²) in [5, 5.41) is 0.484. The average molecular weight is 311 g/mol. The summed E-state index contributed by atoms with van der Waals surface area (Å²) >= 11 is 5.99. The minimum absolute atomic E-state index is 0.0392. The highest BCUT2D eigenvalue weighted by atomic mass is 35.5. The van der Waals surface area contributed by atoms with Crippen molar-refractivity contribution in [2.45, 2.75) is 29.1 Å². The maximum absolute atomic E-state index is 13.4. The molecule has 20 heavy (non-hydrogen) atoms. The maximum atomic E-state index is 13.4. The normalized spacial score (nSPS) is 18.2. The first-order valence-electron chi connectivity index (χ1n) is 6.10. The molecular formula is C15H12ClFO2S. The molecule has 2 aromatic carbocycles. The molecule has 0 aliphatic carbocycles. The lowest BCUT2D eigenvalue weighted by atomic mass is 9.77. The number of benzene rings is 2. The van der Waals surface area contributed by atoms with Gasteiger partial charge < -0.3 is 0 Å². The molecule has 0 fully saturated rings. The van der Waals surface area contributed by atoms with Gasteiger partial charge in [0.15, 0.2) is 0 Å². The summed E-state index contributed by atoms with van der Waals surface area (Å²) in [6.07, 6.45) is 0. The van der Waals surface area contributed by atoms with Crippen LogP contribution in [-0.4, -0.2) is 8.42 Å². The number of halogens is 2. The quantitative estimate of drug-likeness (QED) is 0.738. The van der Waals surface area contributed by atoms with E-state index in [0.29, 0.717) is 16.1 Å². The molecular weight excluding hydrogens is 299 g/mol. The molecule has 0 amide bonds. The second kappa shape index (κ2) is 4.06. The molecule has 1 heterocycles. The van der Waals surface area contributed by atoms with E-state index >= 15 is 0 Å². The van der Waals surface area contributed by atoms with Gasteiger partial charge in [0.1, 0.15) is 5.82 Å². The molecule has 0 saturated heterocycles. The van der Waals surface area contributed by atoms with Crippen molar-refractivity contribution in [3.8, 4) is 0 Å². The van der Waals surface area contributed by atoms with E-state index in [0.717, 1.165) is 6.07 Å². The molecule has 0 radical (unpaired) electrons. The van der Waals surface area contributed by atoms with E-state index < -0.39 is 21.1 Å². The first-order chi connectivity index (χ1) is 9.24. The van der Waals surface area contributed by atoms with Crippen LogP contribution in [0.25, 0.3) is 0 Å². The van der Waals surface area contributed by atoms with E-state index in [-0.39, 0.29) is 9.79 Å². The van der Waals surface area contributed by atoms with Crippen molar-refractivity contribution in [1.82, 2.24) is 0 Å². The summed E-state index contributed by atoms with van der Waals surface area (Å²) in [7, 11) is -3.71. The lowest BCUT2D eigenvalue weighted by Gasteiger charge is -2.34. The maximum Gasteiger partial charge on any atom is 0.207 e. The van der Waals surface area contributed by atoms with E-state index in [4.69, 9.17) is 11.6 Å². The number of hydrogen-bond donors (Lipinski definition) is 0. The van der Waals surface area contributed by atoms with E-state index in [1.807, 2.05) is 13.8 Å². The summed E-state index contributed by atoms with van der Waals surface area (Å²) in [6.45, 7) is 3.82. The molecule has 0 aromatic heterocycles. The van der Waals surface area contributed by atoms with Gasteiger partial charge in [0.25, 0.3) is 0 Å². The van der Waals surface area contributed by atoms with Gasteiger partial charge in [-0.1, -0.05) is 31.5 Å². The molecule has 5 heteroatoms. The Morgan fingerprint density at radius 2 is 1.70 bits per heavy atom. The summed E-state index contributed by atoms with van der Waals surface area (Å²) in [6, 6.07) is 8.60. The van der Waals surface area contributed by atoms with Gasteiger partial charge in [-0.3, -0.25) is 0 Å². The van der Waals surface area contributed by atoms with Gasteiger partial charge in [0.2, 0.25) is 9.84 Å². The zero-order valence-corrected chi connectivity index (χ0v) is 12.5. The Morgan fingerprint density at radius 1 is 1.00 bits per heavy atom. The zero-order chi connectivity index (χ0) is 14.7. The number of sulfone groups is 1. The van der Waals surface area contributed by atoms with Gasteiger partial charge in [-0.25, -0.2) is 12.8 Å². The fourth-order valence-corrected chi connectivity index (χ4v) is 4.86. The minimum atomic E-state index is -3.71. The molecule has 2 aromatic rings. The van der Waals surface area contributed by atoms with Crippen LogP contribution in [0.4, 0.5) is 4.39 Å². The second-order valence-corrected chi connectivity index (χ2v) is 7.73. The molecule has 1 aliphatic heterocycles. The molecule has 0 atom stereocenters. The summed E-state index contributed by atoms with van der Waals surface area (Å²) in [5.74, 6) is -0.555. The standard InChI is InChI=1S/C15H12ClFO2S/c1-15(2)11-5-4-10(17)8-14(11)20(18,19)13-6-3-9(16)7-12(13)15/h3-8H,1-2H3. The van der Waals surface area contributed by atoms with Crippen LogP contribution in [0, 0.1) is 5.82 Å². The SMILES string of the molecule is CC1(C)c2cc(Cl)ccc2S(=O)(=O)c2cc(F)ccc21. The van der Waals surface area contributed by atoms with Crippen LogP contribution < -0.4 is 0 Å². The van der Waals surface area contributed by atoms with Crippen LogP contribution in [-0.2, 0) is 15.3 Å². The van der Waals surface area contributed by atoms with Gasteiger partial charge >= 0.3 is 0 Å². The second-order valence-electron chi connectivity index (χ2n) is 5.41. The highest BCUT2D eigenvalue weighted by Crippen LogP contribution is 2.46. The lowest BCUT2D eigenvalue weighted by molar-refractivity contribution is 0.548. The van der Waals surface area contributed by atoms with Gasteiger partial charge in [-0.15, -0.1) is 0 Å². The van der Waals surface area contributed by atoms with E-state index in [2.05, 4.69) is 0 Å². The van der Waals surface area contributed by atoms with E-state index in [1.165, 1.54) is 24.3 Å². The minimum Gasteiger partial charge on any atom is -0.218 e. The van der Waals surface area contributed by atoms with Gasteiger partial charge in [-0.05, 0) is 41.5 Å². The first kappa shape index (κ1) is 13.6. The largest absolute Gasteiger partial charge is 0.218 e. The van der Waals surface area contributed by atoms with Gasteiger partial charge in [-0.2, -0.15) is 0 Å². The van der Waals surface area contributed by atoms with Crippen LogP contribution in [0.1, 0.15) is 25.0 Å². The van der Waals surface area contributed by atoms with Crippen LogP contribution in [0.5, 0.6) is 0 Å². The fourth-order valence-electron chi connectivity index (χ4n) is 2.72. The molecule has 0 spiro atoms. The smallest absolute Gasteiger partial charge is 0.207 e. The Morgan fingerprint density at radius 3 is 2.40 bits per heavy atom. The number of hydrogen-bond acceptors (Lipinski definition) is 2. The number of rotatable bonds is 0. The molecule has 1 aliphatic rings. The molecule has 0 bridgehead atoms. The highest BCUT2D eigenvalue weighted by Gasteiger charge is 2.40. The predicted octanol–water partition coefficient (Wildman–Crippen LogP) is 3.95. The van der Waals surface area contributed by atoms with Crippen molar-refractivity contribution in [1.29, 1.82) is 0 Å². The molecule has 104 valence electrons. The zero-order valence-electron chi connectivity index (χ0n) is 10.9. The van der Waals surface area contributed by atoms with E-state index in [1.54, 1.807) is 6.07 Å². The predicted molar refractivity (Wildman–Crippen MR) is 75.4 cm³/mol. The molecule has 3 rings (SSSR count). The van der Waals surface area contributed by atoms with Crippen LogP contribution in [0.15, 0.2) is 46.2 Å². The van der Waals surface area contributed by atoms with E-state index in [9.17, 15) is 12.8 Å². The Labute approximate surface area is 122 Å². The van der Waals surface area contributed by atoms with Gasteiger partial charge in [0.05, 0.1) is 9.79 Å². The van der Waals surface area contributed by atoms with Crippen molar-refractivity contribution in [2.24, 2.45) is 0 Å². The van der Waals surface area contributed by atoms with Crippen LogP contribution in [0.3, 0.4) is 0 Å². The molecule has 0 unspecified atom stereocenters. The average Bonchev–Trinajstić information content (AvgIpc) is 2.36. The van der Waals surface area contributed by atoms with Crippen LogP contribution in [0.2, 0.25) is 5.02 Å². The number of fused-ring (bicyclic) bond motifs is 2.